The quantitative estimate of drug-likeness (QED) is 0.668. The molecule has 0 spiro atoms. The molecule has 1 heterocycles. The molecular weight excluding hydrogens is 292 g/mol. The van der Waals surface area contributed by atoms with E-state index in [0.29, 0.717) is 5.16 Å². The molecular formula is C13H14N4OS2. The number of aromatic nitrogens is 2. The van der Waals surface area contributed by atoms with E-state index in [1.54, 1.807) is 11.8 Å². The van der Waals surface area contributed by atoms with Gasteiger partial charge in [-0.2, -0.15) is 0 Å². The van der Waals surface area contributed by atoms with E-state index < -0.39 is 0 Å². The van der Waals surface area contributed by atoms with Gasteiger partial charge in [0.15, 0.2) is 5.16 Å². The fourth-order valence-electron chi connectivity index (χ4n) is 1.55. The summed E-state index contributed by atoms with van der Waals surface area (Å²) in [6.45, 7) is 0. The van der Waals surface area contributed by atoms with Crippen molar-refractivity contribution in [2.24, 2.45) is 0 Å². The van der Waals surface area contributed by atoms with Crippen LogP contribution >= 0.6 is 23.5 Å². The second kappa shape index (κ2) is 6.62. The van der Waals surface area contributed by atoms with Crippen LogP contribution in [0.5, 0.6) is 0 Å². The second-order valence-electron chi connectivity index (χ2n) is 3.84. The van der Waals surface area contributed by atoms with Crippen LogP contribution in [-0.4, -0.2) is 28.4 Å². The van der Waals surface area contributed by atoms with Crippen LogP contribution in [0.3, 0.4) is 0 Å². The van der Waals surface area contributed by atoms with Gasteiger partial charge in [-0.15, -0.1) is 11.8 Å². The number of benzene rings is 1. The van der Waals surface area contributed by atoms with Gasteiger partial charge in [-0.3, -0.25) is 4.79 Å². The van der Waals surface area contributed by atoms with Crippen molar-refractivity contribution in [3.05, 3.63) is 36.0 Å². The minimum Gasteiger partial charge on any atom is -0.383 e. The zero-order valence-electron chi connectivity index (χ0n) is 11.1. The summed E-state index contributed by atoms with van der Waals surface area (Å²) >= 11 is 2.99. The minimum absolute atomic E-state index is 0.183. The van der Waals surface area contributed by atoms with E-state index >= 15 is 0 Å². The maximum atomic E-state index is 12.1. The van der Waals surface area contributed by atoms with E-state index in [0.717, 1.165) is 10.6 Å². The molecule has 0 atom stereocenters. The van der Waals surface area contributed by atoms with Crippen molar-refractivity contribution in [2.45, 2.75) is 10.1 Å². The fourth-order valence-corrected chi connectivity index (χ4v) is 2.36. The van der Waals surface area contributed by atoms with Gasteiger partial charge in [-0.1, -0.05) is 17.8 Å². The van der Waals surface area contributed by atoms with Gasteiger partial charge in [0.2, 0.25) is 0 Å². The third-order valence-electron chi connectivity index (χ3n) is 2.55. The lowest BCUT2D eigenvalue weighted by Gasteiger charge is -2.08. The number of amides is 1. The number of rotatable bonds is 4. The summed E-state index contributed by atoms with van der Waals surface area (Å²) in [5.41, 5.74) is 6.77. The van der Waals surface area contributed by atoms with Crippen molar-refractivity contribution in [3.63, 3.8) is 0 Å². The van der Waals surface area contributed by atoms with Gasteiger partial charge in [0.1, 0.15) is 11.4 Å². The van der Waals surface area contributed by atoms with Crippen LogP contribution < -0.4 is 11.1 Å². The molecule has 3 N–H and O–H groups in total. The Bertz CT molecular complexity index is 634. The molecule has 0 aliphatic heterocycles. The number of thioether (sulfide) groups is 2. The lowest BCUT2D eigenvalue weighted by Crippen LogP contribution is -2.15. The van der Waals surface area contributed by atoms with Gasteiger partial charge >= 0.3 is 0 Å². The van der Waals surface area contributed by atoms with Gasteiger partial charge < -0.3 is 11.1 Å². The SMILES string of the molecule is CSc1cccc(NC(=O)c2cnc(SC)nc2N)c1. The Balaban J connectivity index is 2.19. The number of nitrogens with two attached hydrogens (primary N) is 1. The number of anilines is 2. The first-order chi connectivity index (χ1) is 9.63. The van der Waals surface area contributed by atoms with Crippen molar-refractivity contribution >= 4 is 40.9 Å². The zero-order chi connectivity index (χ0) is 14.5. The van der Waals surface area contributed by atoms with Crippen LogP contribution in [0.15, 0.2) is 40.5 Å². The molecule has 20 heavy (non-hydrogen) atoms. The molecule has 2 rings (SSSR count). The molecule has 0 bridgehead atoms. The summed E-state index contributed by atoms with van der Waals surface area (Å²) in [6, 6.07) is 7.59. The van der Waals surface area contributed by atoms with Crippen molar-refractivity contribution < 1.29 is 4.79 Å². The average molecular weight is 306 g/mol. The van der Waals surface area contributed by atoms with E-state index in [9.17, 15) is 4.79 Å². The highest BCUT2D eigenvalue weighted by atomic mass is 32.2. The number of nitrogens with one attached hydrogen (secondary N) is 1. The molecule has 0 aliphatic carbocycles. The van der Waals surface area contributed by atoms with E-state index in [4.69, 9.17) is 5.73 Å². The molecule has 104 valence electrons. The van der Waals surface area contributed by atoms with E-state index in [1.165, 1.54) is 18.0 Å². The minimum atomic E-state index is -0.312. The van der Waals surface area contributed by atoms with Crippen molar-refractivity contribution in [3.8, 4) is 0 Å². The molecule has 1 aromatic heterocycles. The largest absolute Gasteiger partial charge is 0.383 e. The Morgan fingerprint density at radius 3 is 2.75 bits per heavy atom. The maximum Gasteiger partial charge on any atom is 0.260 e. The van der Waals surface area contributed by atoms with Crippen LogP contribution in [0.4, 0.5) is 11.5 Å². The molecule has 1 amide bonds. The Labute approximate surface area is 125 Å². The molecule has 0 aliphatic rings. The third-order valence-corrected chi connectivity index (χ3v) is 3.84. The predicted molar refractivity (Wildman–Crippen MR) is 84.4 cm³/mol. The van der Waals surface area contributed by atoms with Gasteiger partial charge in [-0.25, -0.2) is 9.97 Å². The Morgan fingerprint density at radius 1 is 1.30 bits per heavy atom. The lowest BCUT2D eigenvalue weighted by atomic mass is 10.2. The number of nitrogen functional groups attached to an aromatic ring is 1. The zero-order valence-corrected chi connectivity index (χ0v) is 12.7. The summed E-state index contributed by atoms with van der Waals surface area (Å²) in [5.74, 6) is -0.128. The van der Waals surface area contributed by atoms with Gasteiger partial charge in [0.05, 0.1) is 0 Å². The number of hydrogen-bond acceptors (Lipinski definition) is 6. The first-order valence-electron chi connectivity index (χ1n) is 5.76. The highest BCUT2D eigenvalue weighted by molar-refractivity contribution is 7.98. The third kappa shape index (κ3) is 3.43. The van der Waals surface area contributed by atoms with Gasteiger partial charge in [0, 0.05) is 16.8 Å². The number of nitrogens with zero attached hydrogens (tertiary/aromatic N) is 2. The number of carbonyl (C=O) groups is 1. The Morgan fingerprint density at radius 2 is 2.10 bits per heavy atom. The van der Waals surface area contributed by atoms with Crippen molar-refractivity contribution in [2.75, 3.05) is 23.6 Å². The summed E-state index contributed by atoms with van der Waals surface area (Å²) in [6.07, 6.45) is 5.28. The van der Waals surface area contributed by atoms with E-state index in [-0.39, 0.29) is 17.3 Å². The normalized spacial score (nSPS) is 10.3. The molecule has 0 saturated carbocycles. The maximum absolute atomic E-state index is 12.1. The van der Waals surface area contributed by atoms with Crippen LogP contribution in [-0.2, 0) is 0 Å². The Hall–Kier alpha value is -1.73. The Kier molecular flexibility index (Phi) is 4.86. The molecule has 0 unspecified atom stereocenters. The molecule has 2 aromatic rings. The summed E-state index contributed by atoms with van der Waals surface area (Å²) in [5, 5.41) is 3.34. The first-order valence-corrected chi connectivity index (χ1v) is 8.21. The van der Waals surface area contributed by atoms with Crippen LogP contribution in [0.1, 0.15) is 10.4 Å². The lowest BCUT2D eigenvalue weighted by molar-refractivity contribution is 0.102. The monoisotopic (exact) mass is 306 g/mol. The number of carbonyl (C=O) groups excluding carboxylic acids is 1. The van der Waals surface area contributed by atoms with Crippen LogP contribution in [0.25, 0.3) is 0 Å². The van der Waals surface area contributed by atoms with E-state index in [1.807, 2.05) is 36.8 Å². The smallest absolute Gasteiger partial charge is 0.260 e. The molecule has 7 heteroatoms. The molecule has 0 fully saturated rings. The van der Waals surface area contributed by atoms with Crippen molar-refractivity contribution in [1.82, 2.24) is 9.97 Å². The van der Waals surface area contributed by atoms with Gasteiger partial charge in [-0.05, 0) is 30.7 Å². The van der Waals surface area contributed by atoms with Crippen LogP contribution in [0, 0.1) is 0 Å². The fraction of sp³-hybridized carbons (Fsp3) is 0.154. The van der Waals surface area contributed by atoms with Crippen LogP contribution in [0.2, 0.25) is 0 Å². The van der Waals surface area contributed by atoms with E-state index in [2.05, 4.69) is 15.3 Å². The average Bonchev–Trinajstić information content (AvgIpc) is 2.47. The first kappa shape index (κ1) is 14.7. The van der Waals surface area contributed by atoms with Gasteiger partial charge in [0.25, 0.3) is 5.91 Å². The highest BCUT2D eigenvalue weighted by Crippen LogP contribution is 2.20. The molecule has 0 saturated heterocycles. The standard InChI is InChI=1S/C13H14N4OS2/c1-19-9-5-3-4-8(6-9)16-12(18)10-7-15-13(20-2)17-11(10)14/h3-7H,1-2H3,(H,16,18)(H2,14,15,17). The topological polar surface area (TPSA) is 80.9 Å². The second-order valence-corrected chi connectivity index (χ2v) is 5.49. The predicted octanol–water partition coefficient (Wildman–Crippen LogP) is 2.75. The summed E-state index contributed by atoms with van der Waals surface area (Å²) < 4.78 is 0. The summed E-state index contributed by atoms with van der Waals surface area (Å²) in [7, 11) is 0. The molecule has 1 aromatic carbocycles. The summed E-state index contributed by atoms with van der Waals surface area (Å²) in [4.78, 5) is 21.3. The molecule has 0 radical (unpaired) electrons. The van der Waals surface area contributed by atoms with Crippen molar-refractivity contribution in [1.29, 1.82) is 0 Å². The molecule has 5 nitrogen and oxygen atoms in total. The number of hydrogen-bond donors (Lipinski definition) is 2. The highest BCUT2D eigenvalue weighted by Gasteiger charge is 2.12.